The predicted octanol–water partition coefficient (Wildman–Crippen LogP) is 3.51. The van der Waals surface area contributed by atoms with Crippen molar-refractivity contribution in [3.05, 3.63) is 76.9 Å². The summed E-state index contributed by atoms with van der Waals surface area (Å²) in [5, 5.41) is 8.63. The molecule has 1 aliphatic rings. The van der Waals surface area contributed by atoms with Crippen LogP contribution in [0.25, 0.3) is 16.9 Å². The Bertz CT molecular complexity index is 1250. The Morgan fingerprint density at radius 1 is 1.12 bits per heavy atom. The Kier molecular flexibility index (Phi) is 6.33. The first kappa shape index (κ1) is 21.9. The third-order valence-corrected chi connectivity index (χ3v) is 6.76. The predicted molar refractivity (Wildman–Crippen MR) is 135 cm³/mol. The molecule has 0 bridgehead atoms. The summed E-state index contributed by atoms with van der Waals surface area (Å²) in [5.74, 6) is 0.850. The zero-order valence-corrected chi connectivity index (χ0v) is 19.4. The van der Waals surface area contributed by atoms with Gasteiger partial charge in [-0.3, -0.25) is 4.90 Å². The molecule has 0 spiro atoms. The van der Waals surface area contributed by atoms with Gasteiger partial charge in [0.2, 0.25) is 0 Å². The lowest BCUT2D eigenvalue weighted by atomic mass is 10.0. The number of rotatable bonds is 8. The van der Waals surface area contributed by atoms with Crippen LogP contribution >= 0.6 is 11.6 Å². The molecule has 2 heterocycles. The Labute approximate surface area is 199 Å². The number of aromatic nitrogens is 3. The lowest BCUT2D eigenvalue weighted by molar-refractivity contribution is 0.132. The van der Waals surface area contributed by atoms with Gasteiger partial charge in [0.05, 0.1) is 5.69 Å². The van der Waals surface area contributed by atoms with E-state index in [1.54, 1.807) is 0 Å². The summed E-state index contributed by atoms with van der Waals surface area (Å²) in [7, 11) is 1.99. The van der Waals surface area contributed by atoms with E-state index in [1.165, 1.54) is 11.1 Å². The van der Waals surface area contributed by atoms with E-state index in [9.17, 15) is 4.39 Å². The maximum absolute atomic E-state index is 13.8. The fourth-order valence-electron chi connectivity index (χ4n) is 4.64. The lowest BCUT2D eigenvalue weighted by Crippen LogP contribution is -2.36. The molecule has 0 saturated heterocycles. The molecule has 2 aromatic carbocycles. The van der Waals surface area contributed by atoms with Crippen molar-refractivity contribution in [2.75, 3.05) is 25.2 Å². The van der Waals surface area contributed by atoms with Crippen LogP contribution in [0.1, 0.15) is 17.5 Å². The number of fused-ring (bicyclic) bond motifs is 2. The molecule has 2 aromatic heterocycles. The van der Waals surface area contributed by atoms with Gasteiger partial charge in [-0.05, 0) is 41.9 Å². The molecule has 0 atom stereocenters. The highest BCUT2D eigenvalue weighted by molar-refractivity contribution is 6.36. The van der Waals surface area contributed by atoms with E-state index in [1.807, 2.05) is 53.8 Å². The third-order valence-electron chi connectivity index (χ3n) is 6.43. The van der Waals surface area contributed by atoms with Crippen molar-refractivity contribution < 1.29 is 4.39 Å². The Balaban J connectivity index is 1.27. The highest BCUT2D eigenvalue weighted by Gasteiger charge is 2.26. The first-order chi connectivity index (χ1) is 16.1. The van der Waals surface area contributed by atoms with Crippen molar-refractivity contribution in [3.8, 4) is 11.3 Å². The van der Waals surface area contributed by atoms with Crippen molar-refractivity contribution in [1.82, 2.24) is 19.5 Å². The van der Waals surface area contributed by atoms with Gasteiger partial charge in [-0.15, -0.1) is 0 Å². The maximum atomic E-state index is 13.8. The Hall–Kier alpha value is -2.90. The number of halogens is 2. The van der Waals surface area contributed by atoms with Gasteiger partial charge in [-0.1, -0.05) is 54.1 Å². The van der Waals surface area contributed by atoms with E-state index < -0.39 is 6.80 Å². The second kappa shape index (κ2) is 9.53. The van der Waals surface area contributed by atoms with Gasteiger partial charge in [0.25, 0.3) is 0 Å². The first-order valence-corrected chi connectivity index (χ1v) is 11.7. The molecule has 0 unspecified atom stereocenters. The second-order valence-corrected chi connectivity index (χ2v) is 9.02. The van der Waals surface area contributed by atoms with E-state index in [2.05, 4.69) is 34.7 Å². The molecule has 0 fully saturated rings. The molecule has 1 N–H and O–H groups in total. The van der Waals surface area contributed by atoms with Crippen molar-refractivity contribution in [2.24, 2.45) is 0 Å². The van der Waals surface area contributed by atoms with Gasteiger partial charge in [0, 0.05) is 42.0 Å². The van der Waals surface area contributed by atoms with Crippen LogP contribution in [-0.2, 0) is 12.8 Å². The molecule has 5 nitrogen and oxygen atoms in total. The van der Waals surface area contributed by atoms with Crippen LogP contribution in [0.3, 0.4) is 0 Å². The number of alkyl halides is 1. The number of anilines is 1. The number of benzene rings is 2. The second-order valence-electron chi connectivity index (χ2n) is 8.61. The average molecular weight is 462 g/mol. The topological polar surface area (TPSA) is 45.5 Å². The van der Waals surface area contributed by atoms with Crippen molar-refractivity contribution in [3.63, 3.8) is 0 Å². The maximum Gasteiger partial charge on any atom is 0.151 e. The van der Waals surface area contributed by atoms with Crippen LogP contribution in [0, 0.1) is 0 Å². The molecule has 33 heavy (non-hydrogen) atoms. The van der Waals surface area contributed by atoms with E-state index in [-0.39, 0.29) is 6.04 Å². The molecule has 0 saturated carbocycles. The summed E-state index contributed by atoms with van der Waals surface area (Å²) < 4.78 is 15.7. The average Bonchev–Trinajstić information content (AvgIpc) is 3.43. The van der Waals surface area contributed by atoms with Crippen LogP contribution in [-0.4, -0.2) is 53.3 Å². The van der Waals surface area contributed by atoms with Crippen LogP contribution in [0.5, 0.6) is 0 Å². The summed E-state index contributed by atoms with van der Waals surface area (Å²) in [5.41, 5.74) is 6.17. The minimum absolute atomic E-state index is 0.237. The number of nitrogens with zero attached hydrogens (tertiary/aromatic N) is 4. The summed E-state index contributed by atoms with van der Waals surface area (Å²) in [6.45, 7) is 0.981. The lowest BCUT2D eigenvalue weighted by Gasteiger charge is -2.25. The molecule has 168 valence electrons. The molecule has 0 amide bonds. The summed E-state index contributed by atoms with van der Waals surface area (Å²) in [6, 6.07) is 18.4. The van der Waals surface area contributed by atoms with E-state index in [0.717, 1.165) is 47.4 Å². The molecule has 8 heteroatoms. The van der Waals surface area contributed by atoms with Gasteiger partial charge >= 0.3 is 0 Å². The Morgan fingerprint density at radius 2 is 1.85 bits per heavy atom. The quantitative estimate of drug-likeness (QED) is 0.248. The highest BCUT2D eigenvalue weighted by Crippen LogP contribution is 2.28. The normalized spacial score (nSPS) is 13.7. The highest BCUT2D eigenvalue weighted by atomic mass is 35.5. The van der Waals surface area contributed by atoms with E-state index >= 15 is 0 Å². The molecule has 0 radical (unpaired) electrons. The van der Waals surface area contributed by atoms with Crippen LogP contribution in [0.15, 0.2) is 60.8 Å². The molecular weight excluding hydrogens is 436 g/mol. The van der Waals surface area contributed by atoms with Gasteiger partial charge < -0.3 is 5.32 Å². The summed E-state index contributed by atoms with van der Waals surface area (Å²) in [6.07, 6.45) is 4.48. The largest absolute Gasteiger partial charge is 0.370 e. The van der Waals surface area contributed by atoms with Crippen molar-refractivity contribution >= 4 is 36.4 Å². The Morgan fingerprint density at radius 3 is 2.58 bits per heavy atom. The SMILES string of the molecule is Bc1cnn2c(NCCCN(CF)C3Cc4ccccc4C3)cc(-c3ccccc3Cl)nc12. The van der Waals surface area contributed by atoms with Gasteiger partial charge in [0.1, 0.15) is 20.5 Å². The van der Waals surface area contributed by atoms with Crippen LogP contribution in [0.2, 0.25) is 5.02 Å². The van der Waals surface area contributed by atoms with Gasteiger partial charge in [-0.2, -0.15) is 9.61 Å². The fourth-order valence-corrected chi connectivity index (χ4v) is 4.87. The summed E-state index contributed by atoms with van der Waals surface area (Å²) >= 11 is 6.43. The minimum Gasteiger partial charge on any atom is -0.370 e. The molecule has 1 aliphatic carbocycles. The summed E-state index contributed by atoms with van der Waals surface area (Å²) in [4.78, 5) is 6.74. The van der Waals surface area contributed by atoms with Crippen LogP contribution < -0.4 is 10.8 Å². The smallest absolute Gasteiger partial charge is 0.151 e. The minimum atomic E-state index is -0.423. The van der Waals surface area contributed by atoms with Gasteiger partial charge in [0.15, 0.2) is 5.65 Å². The number of hydrogen-bond acceptors (Lipinski definition) is 4. The van der Waals surface area contributed by atoms with Crippen LogP contribution in [0.4, 0.5) is 10.2 Å². The van der Waals surface area contributed by atoms with E-state index in [0.29, 0.717) is 18.1 Å². The number of nitrogens with one attached hydrogen (secondary N) is 1. The van der Waals surface area contributed by atoms with Crippen molar-refractivity contribution in [1.29, 1.82) is 0 Å². The third kappa shape index (κ3) is 4.48. The zero-order valence-electron chi connectivity index (χ0n) is 18.6. The number of hydrogen-bond donors (Lipinski definition) is 1. The molecule has 4 aromatic rings. The monoisotopic (exact) mass is 461 g/mol. The molecule has 0 aliphatic heterocycles. The molecular formula is C25H26BClFN5. The first-order valence-electron chi connectivity index (χ1n) is 11.3. The van der Waals surface area contributed by atoms with Gasteiger partial charge in [-0.25, -0.2) is 9.37 Å². The molecule has 5 rings (SSSR count). The van der Waals surface area contributed by atoms with E-state index in [4.69, 9.17) is 16.6 Å². The standard InChI is InChI=1S/C25H26BClFN5/c26-21-15-30-33-24(14-23(31-25(21)33)20-8-3-4-9-22(20)27)29-10-5-11-32(16-28)19-12-17-6-1-2-7-18(17)13-19/h1-4,6-9,14-15,19,29H,5,10-13,16,26H2. The van der Waals surface area contributed by atoms with Crippen molar-refractivity contribution in [2.45, 2.75) is 25.3 Å². The zero-order chi connectivity index (χ0) is 22.8. The fraction of sp³-hybridized carbons (Fsp3) is 0.280.